The molecule has 0 unspecified atom stereocenters. The maximum Gasteiger partial charge on any atom is 0.0948 e. The zero-order valence-corrected chi connectivity index (χ0v) is 11.5. The number of rotatable bonds is 2. The summed E-state index contributed by atoms with van der Waals surface area (Å²) >= 11 is 6.02. The molecule has 2 N–H and O–H groups in total. The second-order valence-corrected chi connectivity index (χ2v) is 5.65. The van der Waals surface area contributed by atoms with Gasteiger partial charge in [0.05, 0.1) is 6.10 Å². The third-order valence-electron chi connectivity index (χ3n) is 3.92. The smallest absolute Gasteiger partial charge is 0.0948 e. The highest BCUT2D eigenvalue weighted by atomic mass is 35.5. The second kappa shape index (κ2) is 5.49. The molecule has 2 aromatic rings. The maximum absolute atomic E-state index is 10.6. The molecule has 1 heterocycles. The minimum absolute atomic E-state index is 0.162. The Morgan fingerprint density at radius 1 is 1.21 bits per heavy atom. The summed E-state index contributed by atoms with van der Waals surface area (Å²) in [5, 5.41) is 16.9. The van der Waals surface area contributed by atoms with Crippen molar-refractivity contribution in [2.24, 2.45) is 0 Å². The van der Waals surface area contributed by atoms with Gasteiger partial charge >= 0.3 is 0 Å². The minimum Gasteiger partial charge on any atom is -0.387 e. The number of halogens is 1. The third-order valence-corrected chi connectivity index (χ3v) is 4.16. The lowest BCUT2D eigenvalue weighted by Crippen LogP contribution is -2.38. The standard InChI is InChI=1S/C16H18ClNO/c17-12-7-8-13-11(10-12)4-3-5-14(13)16(19)15-6-1-2-9-18-15/h3-5,7-8,10,15-16,18-19H,1-2,6,9H2/t15-,16-/m0/s1. The second-order valence-electron chi connectivity index (χ2n) is 5.21. The highest BCUT2D eigenvalue weighted by Crippen LogP contribution is 2.30. The highest BCUT2D eigenvalue weighted by molar-refractivity contribution is 6.31. The van der Waals surface area contributed by atoms with E-state index in [0.29, 0.717) is 0 Å². The van der Waals surface area contributed by atoms with Crippen molar-refractivity contribution >= 4 is 22.4 Å². The molecule has 0 saturated carbocycles. The quantitative estimate of drug-likeness (QED) is 0.876. The SMILES string of the molecule is O[C@@H](c1cccc2cc(Cl)ccc12)[C@@H]1CCCCN1. The van der Waals surface area contributed by atoms with E-state index in [1.165, 1.54) is 12.8 Å². The molecule has 0 aromatic heterocycles. The van der Waals surface area contributed by atoms with Crippen LogP contribution >= 0.6 is 11.6 Å². The predicted molar refractivity (Wildman–Crippen MR) is 79.6 cm³/mol. The molecule has 1 fully saturated rings. The van der Waals surface area contributed by atoms with Crippen molar-refractivity contribution in [2.75, 3.05) is 6.54 Å². The lowest BCUT2D eigenvalue weighted by atomic mass is 9.92. The first kappa shape index (κ1) is 12.9. The fourth-order valence-electron chi connectivity index (χ4n) is 2.90. The van der Waals surface area contributed by atoms with E-state index >= 15 is 0 Å². The van der Waals surface area contributed by atoms with Crippen molar-refractivity contribution in [3.63, 3.8) is 0 Å². The molecule has 0 radical (unpaired) electrons. The molecule has 3 heteroatoms. The largest absolute Gasteiger partial charge is 0.387 e. The zero-order valence-electron chi connectivity index (χ0n) is 10.8. The van der Waals surface area contributed by atoms with E-state index < -0.39 is 6.10 Å². The van der Waals surface area contributed by atoms with Crippen molar-refractivity contribution in [1.29, 1.82) is 0 Å². The van der Waals surface area contributed by atoms with Crippen LogP contribution in [0.5, 0.6) is 0 Å². The minimum atomic E-state index is -0.454. The van der Waals surface area contributed by atoms with Gasteiger partial charge in [0, 0.05) is 11.1 Å². The summed E-state index contributed by atoms with van der Waals surface area (Å²) in [5.41, 5.74) is 0.994. The van der Waals surface area contributed by atoms with Crippen LogP contribution in [-0.4, -0.2) is 17.7 Å². The third kappa shape index (κ3) is 2.62. The molecule has 19 heavy (non-hydrogen) atoms. The number of piperidine rings is 1. The lowest BCUT2D eigenvalue weighted by Gasteiger charge is -2.29. The highest BCUT2D eigenvalue weighted by Gasteiger charge is 2.23. The van der Waals surface area contributed by atoms with Gasteiger partial charge in [-0.05, 0) is 47.9 Å². The van der Waals surface area contributed by atoms with Crippen molar-refractivity contribution < 1.29 is 5.11 Å². The van der Waals surface area contributed by atoms with Crippen LogP contribution in [0.1, 0.15) is 30.9 Å². The molecule has 0 aliphatic carbocycles. The van der Waals surface area contributed by atoms with E-state index in [-0.39, 0.29) is 6.04 Å². The van der Waals surface area contributed by atoms with Gasteiger partial charge in [-0.3, -0.25) is 0 Å². The normalized spacial score (nSPS) is 21.5. The topological polar surface area (TPSA) is 32.3 Å². The summed E-state index contributed by atoms with van der Waals surface area (Å²) in [7, 11) is 0. The van der Waals surface area contributed by atoms with Gasteiger partial charge in [0.1, 0.15) is 0 Å². The van der Waals surface area contributed by atoms with Gasteiger partial charge in [-0.15, -0.1) is 0 Å². The maximum atomic E-state index is 10.6. The molecule has 1 saturated heterocycles. The molecule has 100 valence electrons. The Morgan fingerprint density at radius 2 is 2.11 bits per heavy atom. The zero-order chi connectivity index (χ0) is 13.2. The molecular weight excluding hydrogens is 258 g/mol. The molecule has 1 aliphatic rings. The predicted octanol–water partition coefficient (Wildman–Crippen LogP) is 3.67. The monoisotopic (exact) mass is 275 g/mol. The number of aliphatic hydroxyl groups is 1. The van der Waals surface area contributed by atoms with Gasteiger partial charge in [0.15, 0.2) is 0 Å². The Hall–Kier alpha value is -1.09. The van der Waals surface area contributed by atoms with Crippen LogP contribution in [0.3, 0.4) is 0 Å². The molecule has 3 rings (SSSR count). The Kier molecular flexibility index (Phi) is 3.74. The molecule has 2 nitrogen and oxygen atoms in total. The first-order valence-electron chi connectivity index (χ1n) is 6.85. The van der Waals surface area contributed by atoms with Gasteiger partial charge in [-0.1, -0.05) is 42.3 Å². The van der Waals surface area contributed by atoms with Gasteiger partial charge in [0.2, 0.25) is 0 Å². The summed E-state index contributed by atoms with van der Waals surface area (Å²) in [5.74, 6) is 0. The Morgan fingerprint density at radius 3 is 2.89 bits per heavy atom. The average Bonchev–Trinajstić information content (AvgIpc) is 2.46. The number of benzene rings is 2. The number of aliphatic hydroxyl groups excluding tert-OH is 1. The van der Waals surface area contributed by atoms with Gasteiger partial charge in [0.25, 0.3) is 0 Å². The first-order chi connectivity index (χ1) is 9.25. The molecule has 0 bridgehead atoms. The Balaban J connectivity index is 1.99. The number of nitrogens with one attached hydrogen (secondary N) is 1. The van der Waals surface area contributed by atoms with E-state index in [1.54, 1.807) is 0 Å². The molecule has 2 aromatic carbocycles. The molecule has 1 aliphatic heterocycles. The summed E-state index contributed by atoms with van der Waals surface area (Å²) < 4.78 is 0. The van der Waals surface area contributed by atoms with Crippen LogP contribution in [0, 0.1) is 0 Å². The van der Waals surface area contributed by atoms with Crippen molar-refractivity contribution in [3.05, 3.63) is 47.0 Å². The number of fused-ring (bicyclic) bond motifs is 1. The summed E-state index contributed by atoms with van der Waals surface area (Å²) in [4.78, 5) is 0. The van der Waals surface area contributed by atoms with Gasteiger partial charge in [-0.25, -0.2) is 0 Å². The van der Waals surface area contributed by atoms with Crippen molar-refractivity contribution in [3.8, 4) is 0 Å². The van der Waals surface area contributed by atoms with Crippen molar-refractivity contribution in [1.82, 2.24) is 5.32 Å². The molecule has 0 amide bonds. The molecular formula is C16H18ClNO. The first-order valence-corrected chi connectivity index (χ1v) is 7.23. The summed E-state index contributed by atoms with van der Waals surface area (Å²) in [6.45, 7) is 0.998. The van der Waals surface area contributed by atoms with E-state index in [4.69, 9.17) is 11.6 Å². The average molecular weight is 276 g/mol. The Labute approximate surface area is 118 Å². The van der Waals surface area contributed by atoms with Crippen LogP contribution in [-0.2, 0) is 0 Å². The van der Waals surface area contributed by atoms with E-state index in [0.717, 1.165) is 34.3 Å². The van der Waals surface area contributed by atoms with Gasteiger partial charge < -0.3 is 10.4 Å². The number of hydrogen-bond donors (Lipinski definition) is 2. The summed E-state index contributed by atoms with van der Waals surface area (Å²) in [6, 6.07) is 12.0. The van der Waals surface area contributed by atoms with Crippen LogP contribution in [0.15, 0.2) is 36.4 Å². The fraction of sp³-hybridized carbons (Fsp3) is 0.375. The Bertz CT molecular complexity index is 578. The fourth-order valence-corrected chi connectivity index (χ4v) is 3.08. The number of hydrogen-bond acceptors (Lipinski definition) is 2. The molecule has 0 spiro atoms. The van der Waals surface area contributed by atoms with Gasteiger partial charge in [-0.2, -0.15) is 0 Å². The lowest BCUT2D eigenvalue weighted by molar-refractivity contribution is 0.115. The van der Waals surface area contributed by atoms with E-state index in [2.05, 4.69) is 5.32 Å². The van der Waals surface area contributed by atoms with E-state index in [9.17, 15) is 5.11 Å². The van der Waals surface area contributed by atoms with Crippen LogP contribution in [0.2, 0.25) is 5.02 Å². The summed E-state index contributed by atoms with van der Waals surface area (Å²) in [6.07, 6.45) is 2.97. The van der Waals surface area contributed by atoms with Crippen LogP contribution in [0.4, 0.5) is 0 Å². The molecule has 2 atom stereocenters. The van der Waals surface area contributed by atoms with Crippen molar-refractivity contribution in [2.45, 2.75) is 31.4 Å². The van der Waals surface area contributed by atoms with E-state index in [1.807, 2.05) is 36.4 Å². The van der Waals surface area contributed by atoms with Crippen LogP contribution in [0.25, 0.3) is 10.8 Å². The van der Waals surface area contributed by atoms with Crippen LogP contribution < -0.4 is 5.32 Å².